The molecule has 3 aromatic rings. The number of esters is 1. The number of nitrogens with zero attached hydrogens (tertiary/aromatic N) is 1. The van der Waals surface area contributed by atoms with E-state index in [-0.39, 0.29) is 12.4 Å². The Balaban J connectivity index is 1.59. The Morgan fingerprint density at radius 3 is 2.52 bits per heavy atom. The predicted octanol–water partition coefficient (Wildman–Crippen LogP) is 4.94. The molecule has 0 fully saturated rings. The third-order valence-corrected chi connectivity index (χ3v) is 5.19. The minimum absolute atomic E-state index is 0.237. The van der Waals surface area contributed by atoms with Gasteiger partial charge in [0.15, 0.2) is 18.1 Å². The van der Waals surface area contributed by atoms with Gasteiger partial charge in [-0.15, -0.1) is 0 Å². The van der Waals surface area contributed by atoms with Crippen LogP contribution in [0.3, 0.4) is 0 Å². The van der Waals surface area contributed by atoms with E-state index in [2.05, 4.69) is 5.16 Å². The lowest BCUT2D eigenvalue weighted by atomic mass is 10.0. The van der Waals surface area contributed by atoms with Crippen LogP contribution in [0.15, 0.2) is 47.0 Å². The van der Waals surface area contributed by atoms with Crippen molar-refractivity contribution in [1.29, 1.82) is 0 Å². The second-order valence-electron chi connectivity index (χ2n) is 7.68. The van der Waals surface area contributed by atoms with Crippen molar-refractivity contribution >= 4 is 17.8 Å². The van der Waals surface area contributed by atoms with Crippen LogP contribution in [-0.2, 0) is 16.1 Å². The molecule has 0 spiro atoms. The minimum atomic E-state index is -0.605. The van der Waals surface area contributed by atoms with Crippen molar-refractivity contribution in [3.63, 3.8) is 0 Å². The summed E-state index contributed by atoms with van der Waals surface area (Å²) in [5.41, 5.74) is 4.77. The molecule has 0 aliphatic heterocycles. The lowest BCUT2D eigenvalue weighted by Crippen LogP contribution is -2.13. The highest BCUT2D eigenvalue weighted by Gasteiger charge is 2.13. The number of hydrogen-bond donors (Lipinski definition) is 0. The summed E-state index contributed by atoms with van der Waals surface area (Å²) in [5.74, 6) is 0.935. The lowest BCUT2D eigenvalue weighted by Gasteiger charge is -2.11. The van der Waals surface area contributed by atoms with Gasteiger partial charge in [0.2, 0.25) is 5.78 Å². The van der Waals surface area contributed by atoms with Crippen LogP contribution in [0.2, 0.25) is 0 Å². The van der Waals surface area contributed by atoms with Crippen LogP contribution in [0.5, 0.6) is 11.5 Å². The van der Waals surface area contributed by atoms with Crippen molar-refractivity contribution in [3.8, 4) is 11.5 Å². The zero-order valence-corrected chi connectivity index (χ0v) is 19.4. The Hall–Kier alpha value is -3.87. The molecule has 1 aromatic heterocycles. The average Bonchev–Trinajstić information content (AvgIpc) is 3.13. The highest BCUT2D eigenvalue weighted by Crippen LogP contribution is 2.30. The maximum absolute atomic E-state index is 12.4. The molecule has 0 N–H and O–H groups in total. The average molecular weight is 450 g/mol. The van der Waals surface area contributed by atoms with Crippen molar-refractivity contribution in [1.82, 2.24) is 5.16 Å². The summed E-state index contributed by atoms with van der Waals surface area (Å²) in [4.78, 5) is 24.5. The quantitative estimate of drug-likeness (QED) is 0.260. The molecular formula is C26H27NO6. The van der Waals surface area contributed by atoms with E-state index in [4.69, 9.17) is 18.7 Å². The minimum Gasteiger partial charge on any atom is -0.493 e. The Labute approximate surface area is 192 Å². The van der Waals surface area contributed by atoms with Crippen LogP contribution in [0.25, 0.3) is 6.08 Å². The summed E-state index contributed by atoms with van der Waals surface area (Å²) < 4.78 is 21.5. The highest BCUT2D eigenvalue weighted by molar-refractivity contribution is 6.00. The molecule has 0 radical (unpaired) electrons. The molecule has 0 aliphatic carbocycles. The topological polar surface area (TPSA) is 87.9 Å². The van der Waals surface area contributed by atoms with Gasteiger partial charge in [-0.1, -0.05) is 28.9 Å². The smallest absolute Gasteiger partial charge is 0.331 e. The molecule has 2 aromatic carbocycles. The monoisotopic (exact) mass is 449 g/mol. The summed E-state index contributed by atoms with van der Waals surface area (Å²) in [6, 6.07) is 10.9. The number of Topliss-reactive ketones (excluding diaryl/α,β-unsaturated/α-hetero) is 1. The fourth-order valence-corrected chi connectivity index (χ4v) is 3.23. The van der Waals surface area contributed by atoms with E-state index < -0.39 is 5.97 Å². The van der Waals surface area contributed by atoms with E-state index in [1.165, 1.54) is 6.08 Å². The molecular weight excluding hydrogens is 422 g/mol. The van der Waals surface area contributed by atoms with Gasteiger partial charge in [0.25, 0.3) is 0 Å². The first-order valence-corrected chi connectivity index (χ1v) is 10.5. The summed E-state index contributed by atoms with van der Waals surface area (Å²) in [6.45, 7) is 7.43. The summed E-state index contributed by atoms with van der Waals surface area (Å²) in [7, 11) is 1.54. The molecule has 0 atom stereocenters. The molecule has 0 unspecified atom stereocenters. The standard InChI is InChI=1S/C26H27NO6/c1-16-6-7-17(2)21(12-16)23(28)15-32-26(29)11-9-20-8-10-24(25(13-20)30-5)31-14-22-18(3)27-33-19(22)4/h6-13H,14-15H2,1-5H3/b11-9+. The van der Waals surface area contributed by atoms with Crippen molar-refractivity contribution in [2.75, 3.05) is 13.7 Å². The molecule has 0 saturated carbocycles. The van der Waals surface area contributed by atoms with Crippen molar-refractivity contribution in [2.24, 2.45) is 0 Å². The highest BCUT2D eigenvalue weighted by atomic mass is 16.5. The molecule has 7 nitrogen and oxygen atoms in total. The number of carbonyl (C=O) groups excluding carboxylic acids is 2. The van der Waals surface area contributed by atoms with Gasteiger partial charge in [-0.05, 0) is 63.1 Å². The van der Waals surface area contributed by atoms with Crippen LogP contribution in [0, 0.1) is 27.7 Å². The van der Waals surface area contributed by atoms with Gasteiger partial charge in [-0.25, -0.2) is 4.79 Å². The van der Waals surface area contributed by atoms with Crippen molar-refractivity contribution < 1.29 is 28.3 Å². The van der Waals surface area contributed by atoms with E-state index in [1.54, 1.807) is 37.5 Å². The molecule has 3 rings (SSSR count). The van der Waals surface area contributed by atoms with Crippen LogP contribution in [-0.4, -0.2) is 30.6 Å². The number of rotatable bonds is 9. The van der Waals surface area contributed by atoms with E-state index >= 15 is 0 Å². The van der Waals surface area contributed by atoms with Crippen molar-refractivity contribution in [2.45, 2.75) is 34.3 Å². The maximum Gasteiger partial charge on any atom is 0.331 e. The molecule has 0 amide bonds. The molecule has 172 valence electrons. The molecule has 7 heteroatoms. The summed E-state index contributed by atoms with van der Waals surface area (Å²) in [5, 5.41) is 3.92. The zero-order chi connectivity index (χ0) is 24.0. The molecule has 1 heterocycles. The Bertz CT molecular complexity index is 1170. The molecule has 0 aliphatic rings. The van der Waals surface area contributed by atoms with Gasteiger partial charge in [0, 0.05) is 11.6 Å². The maximum atomic E-state index is 12.4. The summed E-state index contributed by atoms with van der Waals surface area (Å²) >= 11 is 0. The van der Waals surface area contributed by atoms with Gasteiger partial charge in [0.05, 0.1) is 18.4 Å². The van der Waals surface area contributed by atoms with Gasteiger partial charge in [0.1, 0.15) is 12.4 Å². The van der Waals surface area contributed by atoms with Crippen LogP contribution < -0.4 is 9.47 Å². The Kier molecular flexibility index (Phi) is 7.66. The number of aromatic nitrogens is 1. The first-order valence-electron chi connectivity index (χ1n) is 10.5. The second kappa shape index (κ2) is 10.6. The second-order valence-corrected chi connectivity index (χ2v) is 7.68. The van der Waals surface area contributed by atoms with Gasteiger partial charge in [-0.2, -0.15) is 0 Å². The fraction of sp³-hybridized carbons (Fsp3) is 0.269. The number of carbonyl (C=O) groups is 2. The van der Waals surface area contributed by atoms with E-state index in [0.29, 0.717) is 35.0 Å². The Morgan fingerprint density at radius 1 is 1.03 bits per heavy atom. The van der Waals surface area contributed by atoms with Crippen LogP contribution in [0.1, 0.15) is 44.1 Å². The Morgan fingerprint density at radius 2 is 1.82 bits per heavy atom. The third kappa shape index (κ3) is 6.10. The van der Waals surface area contributed by atoms with Crippen LogP contribution >= 0.6 is 0 Å². The molecule has 0 saturated heterocycles. The number of aryl methyl sites for hydroxylation is 4. The zero-order valence-electron chi connectivity index (χ0n) is 19.4. The van der Waals surface area contributed by atoms with E-state index in [1.807, 2.05) is 39.8 Å². The predicted molar refractivity (Wildman–Crippen MR) is 124 cm³/mol. The van der Waals surface area contributed by atoms with Gasteiger partial charge >= 0.3 is 5.97 Å². The molecule has 33 heavy (non-hydrogen) atoms. The lowest BCUT2D eigenvalue weighted by molar-refractivity contribution is -0.136. The number of hydrogen-bond acceptors (Lipinski definition) is 7. The number of ether oxygens (including phenoxy) is 3. The van der Waals surface area contributed by atoms with Gasteiger partial charge in [-0.3, -0.25) is 4.79 Å². The molecule has 0 bridgehead atoms. The van der Waals surface area contributed by atoms with E-state index in [9.17, 15) is 9.59 Å². The largest absolute Gasteiger partial charge is 0.493 e. The normalized spacial score (nSPS) is 10.9. The first kappa shape index (κ1) is 23.8. The number of methoxy groups -OCH3 is 1. The van der Waals surface area contributed by atoms with Gasteiger partial charge < -0.3 is 18.7 Å². The SMILES string of the molecule is COc1cc(/C=C/C(=O)OCC(=O)c2cc(C)ccc2C)ccc1OCc1c(C)noc1C. The number of ketones is 1. The third-order valence-electron chi connectivity index (χ3n) is 5.19. The van der Waals surface area contributed by atoms with E-state index in [0.717, 1.165) is 22.4 Å². The van der Waals surface area contributed by atoms with Crippen LogP contribution in [0.4, 0.5) is 0 Å². The number of benzene rings is 2. The first-order chi connectivity index (χ1) is 15.8. The fourth-order valence-electron chi connectivity index (χ4n) is 3.23. The summed E-state index contributed by atoms with van der Waals surface area (Å²) in [6.07, 6.45) is 2.86. The van der Waals surface area contributed by atoms with Crippen molar-refractivity contribution in [3.05, 3.63) is 81.7 Å².